The van der Waals surface area contributed by atoms with Crippen molar-refractivity contribution in [2.45, 2.75) is 45.2 Å². The molecule has 0 aromatic heterocycles. The van der Waals surface area contributed by atoms with Crippen LogP contribution in [-0.2, 0) is 0 Å². The minimum atomic E-state index is 0.225. The summed E-state index contributed by atoms with van der Waals surface area (Å²) < 4.78 is 0. The molecule has 2 unspecified atom stereocenters. The van der Waals surface area contributed by atoms with Gasteiger partial charge < -0.3 is 16.0 Å². The van der Waals surface area contributed by atoms with Gasteiger partial charge in [-0.1, -0.05) is 12.2 Å². The van der Waals surface area contributed by atoms with Crippen molar-refractivity contribution in [3.63, 3.8) is 0 Å². The highest BCUT2D eigenvalue weighted by molar-refractivity contribution is 5.98. The summed E-state index contributed by atoms with van der Waals surface area (Å²) in [6.45, 7) is 9.08. The van der Waals surface area contributed by atoms with E-state index in [9.17, 15) is 0 Å². The lowest BCUT2D eigenvalue weighted by molar-refractivity contribution is 0.278. The minimum Gasteiger partial charge on any atom is -0.375 e. The van der Waals surface area contributed by atoms with Gasteiger partial charge in [0.1, 0.15) is 0 Å². The quantitative estimate of drug-likeness (QED) is 0.833. The summed E-state index contributed by atoms with van der Waals surface area (Å²) in [4.78, 5) is 11.9. The fraction of sp³-hybridized carbons (Fsp3) is 0.667. The molecular formula is C18H31N5. The molecule has 2 atom stereocenters. The van der Waals surface area contributed by atoms with Crippen molar-refractivity contribution in [2.24, 2.45) is 15.7 Å². The first-order chi connectivity index (χ1) is 11.2. The molecule has 0 aliphatic carbocycles. The van der Waals surface area contributed by atoms with Crippen LogP contribution in [0, 0.1) is 0 Å². The highest BCUT2D eigenvalue weighted by atomic mass is 15.1. The van der Waals surface area contributed by atoms with Gasteiger partial charge in [0.25, 0.3) is 0 Å². The van der Waals surface area contributed by atoms with Crippen LogP contribution in [0.2, 0.25) is 0 Å². The van der Waals surface area contributed by atoms with Crippen LogP contribution in [0.4, 0.5) is 0 Å². The van der Waals surface area contributed by atoms with Gasteiger partial charge in [0.05, 0.1) is 23.5 Å². The second-order valence-electron chi connectivity index (χ2n) is 6.30. The molecule has 0 amide bonds. The van der Waals surface area contributed by atoms with E-state index >= 15 is 0 Å². The van der Waals surface area contributed by atoms with E-state index < -0.39 is 0 Å². The van der Waals surface area contributed by atoms with Crippen LogP contribution in [0.3, 0.4) is 0 Å². The molecule has 128 valence electrons. The molecule has 0 fully saturated rings. The van der Waals surface area contributed by atoms with Gasteiger partial charge >= 0.3 is 0 Å². The molecule has 2 heterocycles. The zero-order valence-electron chi connectivity index (χ0n) is 14.5. The molecule has 3 N–H and O–H groups in total. The van der Waals surface area contributed by atoms with Gasteiger partial charge in [-0.3, -0.25) is 9.98 Å². The van der Waals surface area contributed by atoms with Crippen LogP contribution in [0.25, 0.3) is 0 Å². The second-order valence-corrected chi connectivity index (χ2v) is 6.30. The third-order valence-electron chi connectivity index (χ3n) is 4.39. The summed E-state index contributed by atoms with van der Waals surface area (Å²) in [5.74, 6) is 0. The van der Waals surface area contributed by atoms with E-state index in [-0.39, 0.29) is 12.1 Å². The average molecular weight is 317 g/mol. The predicted octanol–water partition coefficient (Wildman–Crippen LogP) is 1.76. The molecule has 2 aliphatic rings. The fourth-order valence-electron chi connectivity index (χ4n) is 2.90. The monoisotopic (exact) mass is 317 g/mol. The van der Waals surface area contributed by atoms with E-state index in [1.165, 1.54) is 0 Å². The maximum Gasteiger partial charge on any atom is 0.0704 e. The van der Waals surface area contributed by atoms with Crippen LogP contribution in [-0.4, -0.2) is 61.6 Å². The Morgan fingerprint density at radius 3 is 3.09 bits per heavy atom. The van der Waals surface area contributed by atoms with Crippen molar-refractivity contribution in [3.05, 3.63) is 23.9 Å². The molecule has 0 saturated carbocycles. The van der Waals surface area contributed by atoms with Crippen molar-refractivity contribution in [1.82, 2.24) is 10.2 Å². The van der Waals surface area contributed by atoms with E-state index in [1.807, 2.05) is 0 Å². The van der Waals surface area contributed by atoms with Gasteiger partial charge in [0, 0.05) is 19.3 Å². The molecule has 0 aromatic rings. The second kappa shape index (κ2) is 9.63. The standard InChI is InChI=1S/C18H31N5/c1-15-17-7-3-8-18(22-17)16(2)21-11-6-14-23(12-4-9-19)13-5-10-20-15/h3,7-8,10,15,17,22H,4-6,9,11-14,19H2,1-2H3. The Bertz CT molecular complexity index is 478. The molecule has 0 saturated heterocycles. The highest BCUT2D eigenvalue weighted by Gasteiger charge is 2.17. The number of hydrogen-bond acceptors (Lipinski definition) is 5. The fourth-order valence-corrected chi connectivity index (χ4v) is 2.90. The van der Waals surface area contributed by atoms with Gasteiger partial charge in [-0.2, -0.15) is 0 Å². The van der Waals surface area contributed by atoms with Gasteiger partial charge in [0.15, 0.2) is 0 Å². The lowest BCUT2D eigenvalue weighted by Gasteiger charge is -2.25. The van der Waals surface area contributed by atoms with E-state index in [2.05, 4.69) is 48.5 Å². The Hall–Kier alpha value is -1.46. The number of nitrogens with two attached hydrogens (primary N) is 1. The largest absolute Gasteiger partial charge is 0.375 e. The van der Waals surface area contributed by atoms with Crippen molar-refractivity contribution in [2.75, 3.05) is 32.7 Å². The minimum absolute atomic E-state index is 0.225. The van der Waals surface area contributed by atoms with E-state index in [1.54, 1.807) is 0 Å². The number of fused-ring (bicyclic) bond motifs is 2. The number of aliphatic imine (C=N–C) groups is 2. The molecule has 2 rings (SSSR count). The first kappa shape index (κ1) is 17.9. The molecule has 0 aromatic carbocycles. The molecule has 5 nitrogen and oxygen atoms in total. The van der Waals surface area contributed by atoms with Gasteiger partial charge in [-0.25, -0.2) is 0 Å². The molecule has 23 heavy (non-hydrogen) atoms. The Labute approximate surface area is 140 Å². The molecule has 2 bridgehead atoms. The Kier molecular flexibility index (Phi) is 7.49. The molecule has 2 aliphatic heterocycles. The SMILES string of the molecule is CC1=NCCCN(CCCN)CCC=NC(C)C2C=CC=C1N2. The van der Waals surface area contributed by atoms with Gasteiger partial charge in [0.2, 0.25) is 0 Å². The van der Waals surface area contributed by atoms with E-state index in [4.69, 9.17) is 15.7 Å². The number of nitrogens with zero attached hydrogens (tertiary/aromatic N) is 3. The highest BCUT2D eigenvalue weighted by Crippen LogP contribution is 2.11. The predicted molar refractivity (Wildman–Crippen MR) is 99.4 cm³/mol. The normalized spacial score (nSPS) is 26.9. The topological polar surface area (TPSA) is 66.0 Å². The summed E-state index contributed by atoms with van der Waals surface area (Å²) in [5, 5.41) is 3.55. The van der Waals surface area contributed by atoms with Crippen molar-refractivity contribution in [3.8, 4) is 0 Å². The number of allylic oxidation sites excluding steroid dienone is 3. The van der Waals surface area contributed by atoms with Crippen LogP contribution in [0.15, 0.2) is 33.9 Å². The lowest BCUT2D eigenvalue weighted by Crippen LogP contribution is -2.38. The summed E-state index contributed by atoms with van der Waals surface area (Å²) in [6.07, 6.45) is 11.6. The lowest BCUT2D eigenvalue weighted by atomic mass is 10.1. The summed E-state index contributed by atoms with van der Waals surface area (Å²) >= 11 is 0. The summed E-state index contributed by atoms with van der Waals surface area (Å²) in [5.41, 5.74) is 7.86. The van der Waals surface area contributed by atoms with Crippen LogP contribution in [0.5, 0.6) is 0 Å². The van der Waals surface area contributed by atoms with Gasteiger partial charge in [-0.05, 0) is 58.8 Å². The van der Waals surface area contributed by atoms with Gasteiger partial charge in [-0.15, -0.1) is 0 Å². The Morgan fingerprint density at radius 2 is 2.26 bits per heavy atom. The Morgan fingerprint density at radius 1 is 1.39 bits per heavy atom. The van der Waals surface area contributed by atoms with Crippen LogP contribution < -0.4 is 11.1 Å². The van der Waals surface area contributed by atoms with Crippen molar-refractivity contribution >= 4 is 11.9 Å². The molecule has 0 spiro atoms. The molecular weight excluding hydrogens is 286 g/mol. The number of dihydropyridines is 1. The molecule has 0 radical (unpaired) electrons. The van der Waals surface area contributed by atoms with E-state index in [0.717, 1.165) is 63.4 Å². The Balaban J connectivity index is 2.05. The zero-order chi connectivity index (χ0) is 16.5. The first-order valence-corrected chi connectivity index (χ1v) is 8.81. The van der Waals surface area contributed by atoms with E-state index in [0.29, 0.717) is 0 Å². The maximum atomic E-state index is 5.65. The van der Waals surface area contributed by atoms with Crippen molar-refractivity contribution < 1.29 is 0 Å². The first-order valence-electron chi connectivity index (χ1n) is 8.81. The summed E-state index contributed by atoms with van der Waals surface area (Å²) in [7, 11) is 0. The van der Waals surface area contributed by atoms with Crippen molar-refractivity contribution in [1.29, 1.82) is 0 Å². The smallest absolute Gasteiger partial charge is 0.0704 e. The summed E-state index contributed by atoms with van der Waals surface area (Å²) in [6, 6.07) is 0.468. The zero-order valence-corrected chi connectivity index (χ0v) is 14.5. The molecule has 5 heteroatoms. The average Bonchev–Trinajstić information content (AvgIpc) is 2.58. The number of nitrogens with one attached hydrogen (secondary N) is 1. The third-order valence-corrected chi connectivity index (χ3v) is 4.39. The number of rotatable bonds is 3. The maximum absolute atomic E-state index is 5.65. The third kappa shape index (κ3) is 5.92. The van der Waals surface area contributed by atoms with Crippen LogP contribution >= 0.6 is 0 Å². The van der Waals surface area contributed by atoms with Crippen LogP contribution in [0.1, 0.15) is 33.1 Å². The number of hydrogen-bond donors (Lipinski definition) is 2.